The zero-order valence-electron chi connectivity index (χ0n) is 6.38. The van der Waals surface area contributed by atoms with Crippen LogP contribution in [0.25, 0.3) is 0 Å². The summed E-state index contributed by atoms with van der Waals surface area (Å²) < 4.78 is 0. The van der Waals surface area contributed by atoms with Gasteiger partial charge in [-0.1, -0.05) is 20.8 Å². The second-order valence-corrected chi connectivity index (χ2v) is 4.67. The van der Waals surface area contributed by atoms with Crippen molar-refractivity contribution in [2.75, 3.05) is 0 Å². The maximum Gasteiger partial charge on any atom is 0.0438 e. The van der Waals surface area contributed by atoms with Gasteiger partial charge in [-0.2, -0.15) is 0 Å². The van der Waals surface area contributed by atoms with Gasteiger partial charge in [-0.15, -0.1) is 11.6 Å². The van der Waals surface area contributed by atoms with Crippen LogP contribution in [0.1, 0.15) is 34.6 Å². The lowest BCUT2D eigenvalue weighted by atomic mass is 9.83. The average Bonchev–Trinajstić information content (AvgIpc) is 1.25. The number of alkyl halides is 1. The van der Waals surface area contributed by atoms with Gasteiger partial charge in [0.05, 0.1) is 0 Å². The van der Waals surface area contributed by atoms with E-state index in [9.17, 15) is 0 Å². The van der Waals surface area contributed by atoms with E-state index in [0.717, 1.165) is 0 Å². The van der Waals surface area contributed by atoms with Crippen LogP contribution in [0.5, 0.6) is 0 Å². The van der Waals surface area contributed by atoms with Crippen LogP contribution in [-0.4, -0.2) is 4.87 Å². The fourth-order valence-electron chi connectivity index (χ4n) is 0. The van der Waals surface area contributed by atoms with Gasteiger partial charge >= 0.3 is 0 Å². The van der Waals surface area contributed by atoms with Crippen LogP contribution in [0.3, 0.4) is 0 Å². The van der Waals surface area contributed by atoms with Gasteiger partial charge in [-0.3, -0.25) is 0 Å². The second kappa shape index (κ2) is 1.91. The molecule has 0 fully saturated rings. The molecule has 0 aromatic carbocycles. The summed E-state index contributed by atoms with van der Waals surface area (Å²) in [4.78, 5) is -0.0903. The van der Waals surface area contributed by atoms with Crippen LogP contribution >= 0.6 is 11.6 Å². The fourth-order valence-corrected chi connectivity index (χ4v) is 0. The van der Waals surface area contributed by atoms with E-state index in [1.54, 1.807) is 0 Å². The first-order valence-electron chi connectivity index (χ1n) is 2.94. The molecule has 0 saturated carbocycles. The lowest BCUT2D eigenvalue weighted by Gasteiger charge is -2.32. The summed E-state index contributed by atoms with van der Waals surface area (Å²) in [6.45, 7) is 10.5. The Bertz CT molecular complexity index is 59.4. The van der Waals surface area contributed by atoms with Gasteiger partial charge < -0.3 is 0 Å². The Labute approximate surface area is 57.2 Å². The van der Waals surface area contributed by atoms with Crippen LogP contribution in [-0.2, 0) is 0 Å². The highest BCUT2D eigenvalue weighted by molar-refractivity contribution is 6.23. The molecule has 0 atom stereocenters. The van der Waals surface area contributed by atoms with Crippen molar-refractivity contribution in [2.45, 2.75) is 39.5 Å². The standard InChI is InChI=1S/C7H15Cl/c1-6(2,3)7(4,5)8/h1-5H3. The Morgan fingerprint density at radius 1 is 0.875 bits per heavy atom. The van der Waals surface area contributed by atoms with Gasteiger partial charge in [0.15, 0.2) is 0 Å². The van der Waals surface area contributed by atoms with Crippen molar-refractivity contribution in [3.63, 3.8) is 0 Å². The molecule has 0 unspecified atom stereocenters. The third kappa shape index (κ3) is 2.04. The fraction of sp³-hybridized carbons (Fsp3) is 1.00. The molecule has 1 heteroatoms. The zero-order chi connectivity index (χ0) is 7.00. The predicted octanol–water partition coefficient (Wildman–Crippen LogP) is 3.05. The monoisotopic (exact) mass is 134 g/mol. The molecule has 0 aliphatic rings. The molecule has 0 spiro atoms. The predicted molar refractivity (Wildman–Crippen MR) is 39.4 cm³/mol. The lowest BCUT2D eigenvalue weighted by Crippen LogP contribution is -2.30. The Morgan fingerprint density at radius 2 is 1.00 bits per heavy atom. The summed E-state index contributed by atoms with van der Waals surface area (Å²) in [5.74, 6) is 0. The molecular weight excluding hydrogens is 120 g/mol. The first kappa shape index (κ1) is 8.29. The molecule has 0 rings (SSSR count). The molecule has 0 amide bonds. The van der Waals surface area contributed by atoms with Crippen LogP contribution in [0.2, 0.25) is 0 Å². The second-order valence-electron chi connectivity index (χ2n) is 3.72. The van der Waals surface area contributed by atoms with E-state index in [0.29, 0.717) is 0 Å². The number of rotatable bonds is 0. The van der Waals surface area contributed by atoms with Gasteiger partial charge in [0.2, 0.25) is 0 Å². The van der Waals surface area contributed by atoms with Crippen molar-refractivity contribution >= 4 is 11.6 Å². The summed E-state index contributed by atoms with van der Waals surface area (Å²) in [6, 6.07) is 0. The van der Waals surface area contributed by atoms with Gasteiger partial charge in [0, 0.05) is 4.87 Å². The van der Waals surface area contributed by atoms with Crippen molar-refractivity contribution in [3.8, 4) is 0 Å². The van der Waals surface area contributed by atoms with E-state index >= 15 is 0 Å². The molecule has 0 bridgehead atoms. The first-order valence-corrected chi connectivity index (χ1v) is 3.32. The molecule has 0 aromatic heterocycles. The minimum absolute atomic E-state index is 0.0903. The molecule has 0 heterocycles. The van der Waals surface area contributed by atoms with Crippen LogP contribution in [0, 0.1) is 5.41 Å². The molecule has 0 radical (unpaired) electrons. The van der Waals surface area contributed by atoms with Gasteiger partial charge in [0.25, 0.3) is 0 Å². The van der Waals surface area contributed by atoms with Crippen LogP contribution in [0.15, 0.2) is 0 Å². The Hall–Kier alpha value is 0.290. The van der Waals surface area contributed by atoms with E-state index in [4.69, 9.17) is 11.6 Å². The van der Waals surface area contributed by atoms with E-state index < -0.39 is 0 Å². The van der Waals surface area contributed by atoms with Gasteiger partial charge in [0.1, 0.15) is 0 Å². The van der Waals surface area contributed by atoms with E-state index in [1.807, 2.05) is 13.8 Å². The van der Waals surface area contributed by atoms with E-state index in [-0.39, 0.29) is 10.3 Å². The summed E-state index contributed by atoms with van der Waals surface area (Å²) in [6.07, 6.45) is 0. The number of hydrogen-bond acceptors (Lipinski definition) is 0. The SMILES string of the molecule is CC(C)(C)C(C)(C)Cl. The van der Waals surface area contributed by atoms with Crippen molar-refractivity contribution in [3.05, 3.63) is 0 Å². The number of halogens is 1. The van der Waals surface area contributed by atoms with Crippen molar-refractivity contribution in [2.24, 2.45) is 5.41 Å². The third-order valence-electron chi connectivity index (χ3n) is 1.78. The highest BCUT2D eigenvalue weighted by Crippen LogP contribution is 2.34. The average molecular weight is 135 g/mol. The minimum Gasteiger partial charge on any atom is -0.119 e. The van der Waals surface area contributed by atoms with Crippen LogP contribution < -0.4 is 0 Å². The molecule has 0 aliphatic carbocycles. The molecular formula is C7H15Cl. The zero-order valence-corrected chi connectivity index (χ0v) is 7.13. The van der Waals surface area contributed by atoms with Crippen molar-refractivity contribution < 1.29 is 0 Å². The Balaban J connectivity index is 4.02. The smallest absolute Gasteiger partial charge is 0.0438 e. The molecule has 0 aliphatic heterocycles. The molecule has 0 nitrogen and oxygen atoms in total. The van der Waals surface area contributed by atoms with Gasteiger partial charge in [-0.25, -0.2) is 0 Å². The molecule has 8 heavy (non-hydrogen) atoms. The molecule has 0 saturated heterocycles. The maximum atomic E-state index is 6.01. The topological polar surface area (TPSA) is 0 Å². The summed E-state index contributed by atoms with van der Waals surface area (Å²) in [5, 5.41) is 0. The van der Waals surface area contributed by atoms with Crippen LogP contribution in [0.4, 0.5) is 0 Å². The Kier molecular flexibility index (Phi) is 1.98. The summed E-state index contributed by atoms with van der Waals surface area (Å²) in [7, 11) is 0. The third-order valence-corrected chi connectivity index (χ3v) is 2.35. The van der Waals surface area contributed by atoms with Crippen molar-refractivity contribution in [1.82, 2.24) is 0 Å². The highest BCUT2D eigenvalue weighted by Gasteiger charge is 2.29. The molecule has 0 aromatic rings. The van der Waals surface area contributed by atoms with Crippen molar-refractivity contribution in [1.29, 1.82) is 0 Å². The quantitative estimate of drug-likeness (QED) is 0.447. The largest absolute Gasteiger partial charge is 0.119 e. The summed E-state index contributed by atoms with van der Waals surface area (Å²) >= 11 is 6.01. The highest BCUT2D eigenvalue weighted by atomic mass is 35.5. The lowest BCUT2D eigenvalue weighted by molar-refractivity contribution is 0.312. The molecule has 50 valence electrons. The Morgan fingerprint density at radius 3 is 1.00 bits per heavy atom. The minimum atomic E-state index is -0.0903. The first-order chi connectivity index (χ1) is 3.25. The summed E-state index contributed by atoms with van der Waals surface area (Å²) in [5.41, 5.74) is 0.203. The van der Waals surface area contributed by atoms with E-state index in [2.05, 4.69) is 20.8 Å². The molecule has 0 N–H and O–H groups in total. The van der Waals surface area contributed by atoms with Gasteiger partial charge in [-0.05, 0) is 19.3 Å². The normalized spacial score (nSPS) is 14.2. The van der Waals surface area contributed by atoms with E-state index in [1.165, 1.54) is 0 Å². The maximum absolute atomic E-state index is 6.01. The number of hydrogen-bond donors (Lipinski definition) is 0.